The Morgan fingerprint density at radius 3 is 2.85 bits per heavy atom. The highest BCUT2D eigenvalue weighted by molar-refractivity contribution is 5.84. The lowest BCUT2D eigenvalue weighted by Crippen LogP contribution is -2.40. The maximum absolute atomic E-state index is 11.4. The second-order valence-electron chi connectivity index (χ2n) is 4.07. The van der Waals surface area contributed by atoms with Crippen molar-refractivity contribution in [3.8, 4) is 0 Å². The van der Waals surface area contributed by atoms with E-state index < -0.39 is 5.97 Å². The molecular formula is C11H19N5O4. The van der Waals surface area contributed by atoms with Crippen molar-refractivity contribution in [2.45, 2.75) is 26.5 Å². The lowest BCUT2D eigenvalue weighted by atomic mass is 10.4. The van der Waals surface area contributed by atoms with E-state index in [1.165, 1.54) is 10.9 Å². The summed E-state index contributed by atoms with van der Waals surface area (Å²) in [6.45, 7) is 5.44. The number of nitrogens with zero attached hydrogens (tertiary/aromatic N) is 3. The molecule has 0 aliphatic heterocycles. The van der Waals surface area contributed by atoms with Crippen LogP contribution in [0.5, 0.6) is 0 Å². The van der Waals surface area contributed by atoms with Gasteiger partial charge in [-0.15, -0.1) is 5.10 Å². The number of ether oxygens (including phenoxy) is 1. The van der Waals surface area contributed by atoms with E-state index in [0.717, 1.165) is 0 Å². The zero-order valence-electron chi connectivity index (χ0n) is 11.5. The minimum absolute atomic E-state index is 0.0424. The highest BCUT2D eigenvalue weighted by atomic mass is 16.5. The van der Waals surface area contributed by atoms with Gasteiger partial charge in [0.2, 0.25) is 0 Å². The summed E-state index contributed by atoms with van der Waals surface area (Å²) in [7, 11) is 0. The molecule has 1 rings (SSSR count). The number of amides is 2. The van der Waals surface area contributed by atoms with Crippen LogP contribution in [0.4, 0.5) is 4.79 Å². The molecule has 20 heavy (non-hydrogen) atoms. The van der Waals surface area contributed by atoms with E-state index in [2.05, 4.69) is 20.9 Å². The SMILES string of the molecule is CCOC(C)CNC(=O)NCCn1cc(C(=O)O)nn1. The monoisotopic (exact) mass is 285 g/mol. The molecule has 0 spiro atoms. The Morgan fingerprint density at radius 2 is 2.25 bits per heavy atom. The van der Waals surface area contributed by atoms with Gasteiger partial charge in [-0.1, -0.05) is 5.21 Å². The Labute approximate surface area is 116 Å². The van der Waals surface area contributed by atoms with Gasteiger partial charge in [-0.25, -0.2) is 14.3 Å². The van der Waals surface area contributed by atoms with Gasteiger partial charge >= 0.3 is 12.0 Å². The van der Waals surface area contributed by atoms with Crippen LogP contribution in [0.3, 0.4) is 0 Å². The van der Waals surface area contributed by atoms with Crippen LogP contribution in [0.2, 0.25) is 0 Å². The summed E-state index contributed by atoms with van der Waals surface area (Å²) in [5.74, 6) is -1.13. The smallest absolute Gasteiger partial charge is 0.358 e. The number of carbonyl (C=O) groups is 2. The number of carboxylic acids is 1. The zero-order chi connectivity index (χ0) is 15.0. The van der Waals surface area contributed by atoms with Gasteiger partial charge in [0.1, 0.15) is 0 Å². The van der Waals surface area contributed by atoms with Crippen molar-refractivity contribution in [3.63, 3.8) is 0 Å². The quantitative estimate of drug-likeness (QED) is 0.603. The second kappa shape index (κ2) is 8.10. The van der Waals surface area contributed by atoms with E-state index in [-0.39, 0.29) is 17.8 Å². The molecule has 1 unspecified atom stereocenters. The predicted molar refractivity (Wildman–Crippen MR) is 69.5 cm³/mol. The molecule has 9 heteroatoms. The van der Waals surface area contributed by atoms with Gasteiger partial charge in [0.25, 0.3) is 0 Å². The highest BCUT2D eigenvalue weighted by Gasteiger charge is 2.08. The standard InChI is InChI=1S/C11H19N5O4/c1-3-20-8(2)6-13-11(19)12-4-5-16-7-9(10(17)18)14-15-16/h7-8H,3-6H2,1-2H3,(H,17,18)(H2,12,13,19). The van der Waals surface area contributed by atoms with Crippen LogP contribution in [0, 0.1) is 0 Å². The van der Waals surface area contributed by atoms with Gasteiger partial charge in [-0.2, -0.15) is 0 Å². The minimum Gasteiger partial charge on any atom is -0.476 e. The van der Waals surface area contributed by atoms with Gasteiger partial charge in [-0.05, 0) is 13.8 Å². The topological polar surface area (TPSA) is 118 Å². The molecule has 1 aromatic rings. The molecule has 3 N–H and O–H groups in total. The molecule has 0 saturated carbocycles. The number of hydrogen-bond acceptors (Lipinski definition) is 5. The van der Waals surface area contributed by atoms with Crippen molar-refractivity contribution in [2.75, 3.05) is 19.7 Å². The van der Waals surface area contributed by atoms with Crippen molar-refractivity contribution < 1.29 is 19.4 Å². The largest absolute Gasteiger partial charge is 0.476 e. The third-order valence-corrected chi connectivity index (χ3v) is 2.39. The number of urea groups is 1. The average molecular weight is 285 g/mol. The Morgan fingerprint density at radius 1 is 1.50 bits per heavy atom. The van der Waals surface area contributed by atoms with Gasteiger partial charge in [0.05, 0.1) is 18.8 Å². The van der Waals surface area contributed by atoms with E-state index in [1.807, 2.05) is 13.8 Å². The Kier molecular flexibility index (Phi) is 6.44. The molecule has 9 nitrogen and oxygen atoms in total. The molecule has 1 aromatic heterocycles. The number of carboxylic acid groups (broad SMARTS) is 1. The number of rotatable bonds is 8. The van der Waals surface area contributed by atoms with E-state index in [0.29, 0.717) is 26.2 Å². The summed E-state index contributed by atoms with van der Waals surface area (Å²) in [4.78, 5) is 22.0. The summed E-state index contributed by atoms with van der Waals surface area (Å²) >= 11 is 0. The summed E-state index contributed by atoms with van der Waals surface area (Å²) in [5, 5.41) is 21.0. The van der Waals surface area contributed by atoms with Crippen LogP contribution in [0.1, 0.15) is 24.3 Å². The predicted octanol–water partition coefficient (Wildman–Crippen LogP) is -0.299. The number of hydrogen-bond donors (Lipinski definition) is 3. The second-order valence-corrected chi connectivity index (χ2v) is 4.07. The van der Waals surface area contributed by atoms with Crippen molar-refractivity contribution in [1.82, 2.24) is 25.6 Å². The first-order valence-electron chi connectivity index (χ1n) is 6.29. The number of aromatic carboxylic acids is 1. The normalized spacial score (nSPS) is 11.9. The fraction of sp³-hybridized carbons (Fsp3) is 0.636. The molecule has 0 aliphatic rings. The molecule has 2 amide bonds. The lowest BCUT2D eigenvalue weighted by Gasteiger charge is -2.13. The lowest BCUT2D eigenvalue weighted by molar-refractivity contribution is 0.0690. The first-order chi connectivity index (χ1) is 9.52. The molecule has 0 fully saturated rings. The molecule has 112 valence electrons. The third kappa shape index (κ3) is 5.65. The van der Waals surface area contributed by atoms with Gasteiger partial charge in [-0.3, -0.25) is 0 Å². The van der Waals surface area contributed by atoms with Crippen molar-refractivity contribution in [2.24, 2.45) is 0 Å². The summed E-state index contributed by atoms with van der Waals surface area (Å²) in [6.07, 6.45) is 1.26. The fourth-order valence-electron chi connectivity index (χ4n) is 1.43. The summed E-state index contributed by atoms with van der Waals surface area (Å²) in [6, 6.07) is -0.310. The number of aromatic nitrogens is 3. The van der Waals surface area contributed by atoms with Gasteiger partial charge < -0.3 is 20.5 Å². The van der Waals surface area contributed by atoms with E-state index in [4.69, 9.17) is 9.84 Å². The first kappa shape index (κ1) is 15.9. The van der Waals surface area contributed by atoms with Crippen LogP contribution >= 0.6 is 0 Å². The van der Waals surface area contributed by atoms with Crippen molar-refractivity contribution >= 4 is 12.0 Å². The minimum atomic E-state index is -1.13. The fourth-order valence-corrected chi connectivity index (χ4v) is 1.43. The molecule has 0 radical (unpaired) electrons. The number of carbonyl (C=O) groups excluding carboxylic acids is 1. The molecule has 0 bridgehead atoms. The van der Waals surface area contributed by atoms with Crippen LogP contribution in [-0.2, 0) is 11.3 Å². The van der Waals surface area contributed by atoms with Gasteiger partial charge in [0, 0.05) is 19.7 Å². The first-order valence-corrected chi connectivity index (χ1v) is 6.29. The van der Waals surface area contributed by atoms with Crippen molar-refractivity contribution in [3.05, 3.63) is 11.9 Å². The molecule has 0 saturated heterocycles. The Bertz CT molecular complexity index is 448. The van der Waals surface area contributed by atoms with E-state index in [1.54, 1.807) is 0 Å². The third-order valence-electron chi connectivity index (χ3n) is 2.39. The van der Waals surface area contributed by atoms with Gasteiger partial charge in [0.15, 0.2) is 5.69 Å². The molecular weight excluding hydrogens is 266 g/mol. The average Bonchev–Trinajstić information content (AvgIpc) is 2.86. The molecule has 1 atom stereocenters. The summed E-state index contributed by atoms with van der Waals surface area (Å²) < 4.78 is 6.62. The molecule has 0 aromatic carbocycles. The van der Waals surface area contributed by atoms with Crippen molar-refractivity contribution in [1.29, 1.82) is 0 Å². The summed E-state index contributed by atoms with van der Waals surface area (Å²) in [5.41, 5.74) is -0.125. The maximum atomic E-state index is 11.4. The van der Waals surface area contributed by atoms with E-state index in [9.17, 15) is 9.59 Å². The highest BCUT2D eigenvalue weighted by Crippen LogP contribution is 1.92. The zero-order valence-corrected chi connectivity index (χ0v) is 11.5. The Hall–Kier alpha value is -2.16. The van der Waals surface area contributed by atoms with Crippen LogP contribution in [0.25, 0.3) is 0 Å². The van der Waals surface area contributed by atoms with Crippen LogP contribution in [0.15, 0.2) is 6.20 Å². The molecule has 1 heterocycles. The Balaban J connectivity index is 2.19. The molecule has 0 aliphatic carbocycles. The van der Waals surface area contributed by atoms with Crippen LogP contribution in [-0.4, -0.2) is 57.9 Å². The number of nitrogens with one attached hydrogen (secondary N) is 2. The maximum Gasteiger partial charge on any atom is 0.358 e. The van der Waals surface area contributed by atoms with E-state index >= 15 is 0 Å². The van der Waals surface area contributed by atoms with Crippen LogP contribution < -0.4 is 10.6 Å².